The van der Waals surface area contributed by atoms with Crippen LogP contribution >= 0.6 is 12.2 Å². The van der Waals surface area contributed by atoms with Crippen molar-refractivity contribution in [2.75, 3.05) is 0 Å². The van der Waals surface area contributed by atoms with Gasteiger partial charge in [0, 0.05) is 6.08 Å². The molecule has 1 rings (SSSR count). The minimum atomic E-state index is -0.112. The Labute approximate surface area is 79.8 Å². The zero-order chi connectivity index (χ0) is 5.98. The Hall–Kier alpha value is 0.360. The Balaban J connectivity index is 0.000000640. The van der Waals surface area contributed by atoms with Gasteiger partial charge in [0.15, 0.2) is 12.2 Å². The van der Waals surface area contributed by atoms with Gasteiger partial charge in [0.25, 0.3) is 5.91 Å². The van der Waals surface area contributed by atoms with Crippen LogP contribution in [0.4, 0.5) is 0 Å². The van der Waals surface area contributed by atoms with Crippen LogP contribution in [-0.2, 0) is 8.98 Å². The van der Waals surface area contributed by atoms with Crippen LogP contribution in [0.1, 0.15) is 6.92 Å². The molecule has 1 aliphatic heterocycles. The molecule has 0 aromatic rings. The summed E-state index contributed by atoms with van der Waals surface area (Å²) in [4.78, 5) is 10.4. The predicted octanol–water partition coefficient (Wildman–Crippen LogP) is -0.0487. The van der Waals surface area contributed by atoms with E-state index in [1.54, 1.807) is 6.92 Å². The molecule has 46 valence electrons. The summed E-state index contributed by atoms with van der Waals surface area (Å²) in [6.45, 7) is 1.73. The first-order valence-corrected chi connectivity index (χ1v) is 2.85. The summed E-state index contributed by atoms with van der Waals surface area (Å²) in [6, 6.07) is 0. The SMILES string of the molecule is CC1=CC(=O)NSO1.[NaH]. The minimum absolute atomic E-state index is 0. The normalized spacial score (nSPS) is 16.6. The van der Waals surface area contributed by atoms with Crippen LogP contribution in [0.3, 0.4) is 0 Å². The molecule has 0 aromatic carbocycles. The number of amides is 1. The van der Waals surface area contributed by atoms with Crippen LogP contribution in [-0.4, -0.2) is 35.5 Å². The van der Waals surface area contributed by atoms with Gasteiger partial charge >= 0.3 is 29.6 Å². The van der Waals surface area contributed by atoms with E-state index >= 15 is 0 Å². The second-order valence-corrected chi connectivity index (χ2v) is 1.93. The molecule has 9 heavy (non-hydrogen) atoms. The van der Waals surface area contributed by atoms with Crippen molar-refractivity contribution in [1.29, 1.82) is 0 Å². The van der Waals surface area contributed by atoms with Crippen molar-refractivity contribution in [2.24, 2.45) is 0 Å². The molecule has 0 atom stereocenters. The van der Waals surface area contributed by atoms with Crippen LogP contribution in [0, 0.1) is 0 Å². The zero-order valence-corrected chi connectivity index (χ0v) is 5.12. The van der Waals surface area contributed by atoms with Crippen LogP contribution in [0.25, 0.3) is 0 Å². The number of rotatable bonds is 0. The fourth-order valence-electron chi connectivity index (χ4n) is 0.366. The monoisotopic (exact) mass is 155 g/mol. The average Bonchev–Trinajstić information content (AvgIpc) is 1.64. The second-order valence-electron chi connectivity index (χ2n) is 1.39. The van der Waals surface area contributed by atoms with E-state index in [-0.39, 0.29) is 35.5 Å². The third-order valence-corrected chi connectivity index (χ3v) is 1.28. The first-order chi connectivity index (χ1) is 3.79. The molecule has 0 saturated heterocycles. The third-order valence-electron chi connectivity index (χ3n) is 0.650. The molecule has 3 nitrogen and oxygen atoms in total. The molecular weight excluding hydrogens is 149 g/mol. The topological polar surface area (TPSA) is 38.3 Å². The van der Waals surface area contributed by atoms with Gasteiger partial charge < -0.3 is 4.18 Å². The molecule has 0 saturated carbocycles. The standard InChI is InChI=1S/C4H5NO2S.Na.H/c1-3-2-4(6)5-8-7-3;;/h2H,1H3,(H,5,6);;. The number of carbonyl (C=O) groups excluding carboxylic acids is 1. The van der Waals surface area contributed by atoms with Gasteiger partial charge in [0.2, 0.25) is 0 Å². The molecule has 0 fully saturated rings. The molecule has 0 spiro atoms. The van der Waals surface area contributed by atoms with E-state index in [0.29, 0.717) is 5.76 Å². The molecule has 1 heterocycles. The van der Waals surface area contributed by atoms with E-state index in [4.69, 9.17) is 4.18 Å². The summed E-state index contributed by atoms with van der Waals surface area (Å²) in [6.07, 6.45) is 1.40. The van der Waals surface area contributed by atoms with Gasteiger partial charge in [-0.15, -0.1) is 0 Å². The zero-order valence-electron chi connectivity index (χ0n) is 4.30. The van der Waals surface area contributed by atoms with E-state index in [0.717, 1.165) is 12.2 Å². The average molecular weight is 155 g/mol. The molecule has 1 amide bonds. The molecule has 0 unspecified atom stereocenters. The summed E-state index contributed by atoms with van der Waals surface area (Å²) in [5.41, 5.74) is 0. The van der Waals surface area contributed by atoms with Crippen molar-refractivity contribution in [1.82, 2.24) is 4.72 Å². The Kier molecular flexibility index (Phi) is 4.39. The third kappa shape index (κ3) is 3.15. The fourth-order valence-corrected chi connectivity index (χ4v) is 0.728. The first kappa shape index (κ1) is 9.36. The van der Waals surface area contributed by atoms with Gasteiger partial charge in [-0.3, -0.25) is 9.52 Å². The summed E-state index contributed by atoms with van der Waals surface area (Å²) >= 11 is 0.943. The van der Waals surface area contributed by atoms with Crippen molar-refractivity contribution < 1.29 is 8.98 Å². The summed E-state index contributed by atoms with van der Waals surface area (Å²) in [5.74, 6) is 0.525. The number of hydrogen-bond donors (Lipinski definition) is 1. The Bertz CT molecular complexity index is 148. The van der Waals surface area contributed by atoms with Crippen LogP contribution in [0.5, 0.6) is 0 Å². The van der Waals surface area contributed by atoms with E-state index < -0.39 is 0 Å². The van der Waals surface area contributed by atoms with Crippen molar-refractivity contribution in [3.05, 3.63) is 11.8 Å². The van der Waals surface area contributed by atoms with E-state index in [2.05, 4.69) is 4.72 Å². The van der Waals surface area contributed by atoms with E-state index in [9.17, 15) is 4.79 Å². The number of allylic oxidation sites excluding steroid dienone is 1. The molecule has 0 aromatic heterocycles. The van der Waals surface area contributed by atoms with Crippen LogP contribution in [0.15, 0.2) is 11.8 Å². The quantitative estimate of drug-likeness (QED) is 0.303. The number of nitrogens with one attached hydrogen (secondary N) is 1. The molecule has 0 aliphatic carbocycles. The van der Waals surface area contributed by atoms with Gasteiger partial charge in [0.05, 0.1) is 0 Å². The fraction of sp³-hybridized carbons (Fsp3) is 0.250. The van der Waals surface area contributed by atoms with Crippen LogP contribution < -0.4 is 4.72 Å². The van der Waals surface area contributed by atoms with E-state index in [1.807, 2.05) is 0 Å². The van der Waals surface area contributed by atoms with Crippen molar-refractivity contribution >= 4 is 47.7 Å². The summed E-state index contributed by atoms with van der Waals surface area (Å²) in [5, 5.41) is 0. The molecule has 0 bridgehead atoms. The molecule has 5 heteroatoms. The predicted molar refractivity (Wildman–Crippen MR) is 37.7 cm³/mol. The Morgan fingerprint density at radius 1 is 1.78 bits per heavy atom. The van der Waals surface area contributed by atoms with Crippen molar-refractivity contribution in [2.45, 2.75) is 6.92 Å². The molecule has 1 aliphatic rings. The van der Waals surface area contributed by atoms with Gasteiger partial charge in [-0.05, 0) is 6.92 Å². The maximum absolute atomic E-state index is 10.4. The van der Waals surface area contributed by atoms with Gasteiger partial charge in [0.1, 0.15) is 5.76 Å². The Morgan fingerprint density at radius 2 is 2.44 bits per heavy atom. The Morgan fingerprint density at radius 3 is 2.78 bits per heavy atom. The second kappa shape index (κ2) is 4.22. The maximum atomic E-state index is 10.4. The summed E-state index contributed by atoms with van der Waals surface area (Å²) in [7, 11) is 0. The van der Waals surface area contributed by atoms with Crippen molar-refractivity contribution in [3.8, 4) is 0 Å². The first-order valence-electron chi connectivity index (χ1n) is 2.11. The molecule has 0 radical (unpaired) electrons. The molecule has 1 N–H and O–H groups in total. The number of carbonyl (C=O) groups is 1. The van der Waals surface area contributed by atoms with Gasteiger partial charge in [-0.1, -0.05) is 0 Å². The molecular formula is C4H6NNaO2S. The van der Waals surface area contributed by atoms with E-state index in [1.165, 1.54) is 6.08 Å². The van der Waals surface area contributed by atoms with Gasteiger partial charge in [-0.25, -0.2) is 0 Å². The summed E-state index contributed by atoms with van der Waals surface area (Å²) < 4.78 is 7.19. The van der Waals surface area contributed by atoms with Gasteiger partial charge in [-0.2, -0.15) is 0 Å². The van der Waals surface area contributed by atoms with Crippen molar-refractivity contribution in [3.63, 3.8) is 0 Å². The number of hydrogen-bond acceptors (Lipinski definition) is 3. The van der Waals surface area contributed by atoms with Crippen LogP contribution in [0.2, 0.25) is 0 Å².